The van der Waals surface area contributed by atoms with E-state index in [9.17, 15) is 5.21 Å². The SMILES string of the molecule is CCC(C)[N+](C)(C)O.O=C[O-]. The predicted molar refractivity (Wildman–Crippen MR) is 39.7 cm³/mol. The van der Waals surface area contributed by atoms with Crippen LogP contribution in [0.3, 0.4) is 0 Å². The number of carbonyl (C=O) groups excluding carboxylic acids is 1. The molecule has 0 aliphatic carbocycles. The molecule has 0 fully saturated rings. The number of hydrogen-bond donors (Lipinski definition) is 1. The van der Waals surface area contributed by atoms with Crippen molar-refractivity contribution >= 4 is 6.47 Å². The van der Waals surface area contributed by atoms with Crippen LogP contribution in [0.4, 0.5) is 0 Å². The van der Waals surface area contributed by atoms with Crippen molar-refractivity contribution in [2.24, 2.45) is 0 Å². The Hall–Kier alpha value is -0.610. The van der Waals surface area contributed by atoms with Crippen molar-refractivity contribution in [1.29, 1.82) is 0 Å². The summed E-state index contributed by atoms with van der Waals surface area (Å²) in [5.41, 5.74) is 0. The van der Waals surface area contributed by atoms with E-state index in [1.807, 2.05) is 6.92 Å². The first-order valence-electron chi connectivity index (χ1n) is 3.52. The number of quaternary nitrogens is 1. The van der Waals surface area contributed by atoms with Gasteiger partial charge >= 0.3 is 0 Å². The molecule has 0 heterocycles. The molecule has 0 aromatic carbocycles. The van der Waals surface area contributed by atoms with Crippen molar-refractivity contribution in [2.75, 3.05) is 14.1 Å². The van der Waals surface area contributed by atoms with Crippen LogP contribution in [0.2, 0.25) is 0 Å². The fourth-order valence-electron chi connectivity index (χ4n) is 0.447. The second-order valence-electron chi connectivity index (χ2n) is 2.83. The van der Waals surface area contributed by atoms with E-state index >= 15 is 0 Å². The fraction of sp³-hybridized carbons (Fsp3) is 0.857. The lowest BCUT2D eigenvalue weighted by molar-refractivity contribution is -1.09. The Kier molecular flexibility index (Phi) is 7.24. The van der Waals surface area contributed by atoms with Gasteiger partial charge < -0.3 is 9.90 Å². The van der Waals surface area contributed by atoms with Crippen molar-refractivity contribution in [3.8, 4) is 0 Å². The van der Waals surface area contributed by atoms with Crippen LogP contribution in [-0.4, -0.2) is 36.5 Å². The summed E-state index contributed by atoms with van der Waals surface area (Å²) in [6.45, 7) is 3.60. The Morgan fingerprint density at radius 3 is 1.91 bits per heavy atom. The van der Waals surface area contributed by atoms with Crippen molar-refractivity contribution in [2.45, 2.75) is 26.3 Å². The van der Waals surface area contributed by atoms with E-state index < -0.39 is 6.47 Å². The molecule has 0 radical (unpaired) electrons. The van der Waals surface area contributed by atoms with Gasteiger partial charge in [0.05, 0.1) is 14.1 Å². The molecule has 0 amide bonds. The third kappa shape index (κ3) is 9.39. The Morgan fingerprint density at radius 1 is 1.64 bits per heavy atom. The first-order valence-corrected chi connectivity index (χ1v) is 3.52. The standard InChI is InChI=1S/C6H16NO.CH2O2/c1-5-6(2)7(3,4)8;2-1-3/h6,8H,5H2,1-4H3;1H,(H,2,3)/q+1;/p-1. The van der Waals surface area contributed by atoms with Crippen LogP contribution in [0.1, 0.15) is 20.3 Å². The lowest BCUT2D eigenvalue weighted by atomic mass is 10.2. The highest BCUT2D eigenvalue weighted by atomic mass is 16.5. The molecule has 11 heavy (non-hydrogen) atoms. The average Bonchev–Trinajstić information content (AvgIpc) is 1.86. The maximum atomic E-state index is 9.22. The highest BCUT2D eigenvalue weighted by Crippen LogP contribution is 2.03. The predicted octanol–water partition coefficient (Wildman–Crippen LogP) is -0.383. The minimum absolute atomic E-state index is 0.0799. The molecule has 1 unspecified atom stereocenters. The lowest BCUT2D eigenvalue weighted by Gasteiger charge is -2.25. The van der Waals surface area contributed by atoms with E-state index in [4.69, 9.17) is 9.90 Å². The molecule has 1 atom stereocenters. The molecule has 0 saturated carbocycles. The molecule has 0 bridgehead atoms. The summed E-state index contributed by atoms with van der Waals surface area (Å²) < 4.78 is 0.0799. The van der Waals surface area contributed by atoms with E-state index in [1.54, 1.807) is 14.1 Å². The maximum Gasteiger partial charge on any atom is 0.115 e. The second kappa shape index (κ2) is 6.12. The van der Waals surface area contributed by atoms with Gasteiger partial charge in [0.15, 0.2) is 0 Å². The van der Waals surface area contributed by atoms with Crippen LogP contribution in [0.5, 0.6) is 0 Å². The number of nitrogens with zero attached hydrogens (tertiary/aromatic N) is 1. The van der Waals surface area contributed by atoms with E-state index in [-0.39, 0.29) is 4.65 Å². The van der Waals surface area contributed by atoms with Gasteiger partial charge in [-0.2, -0.15) is 4.65 Å². The highest BCUT2D eigenvalue weighted by molar-refractivity contribution is 5.29. The number of carbonyl (C=O) groups is 1. The molecule has 4 heteroatoms. The highest BCUT2D eigenvalue weighted by Gasteiger charge is 2.18. The van der Waals surface area contributed by atoms with Crippen molar-refractivity contribution < 1.29 is 19.8 Å². The summed E-state index contributed by atoms with van der Waals surface area (Å²) in [4.78, 5) is 8.25. The molecule has 0 spiro atoms. The summed E-state index contributed by atoms with van der Waals surface area (Å²) in [6, 6.07) is 0.343. The van der Waals surface area contributed by atoms with Gasteiger partial charge in [-0.1, -0.05) is 6.92 Å². The topological polar surface area (TPSA) is 60.4 Å². The summed E-state index contributed by atoms with van der Waals surface area (Å²) >= 11 is 0. The van der Waals surface area contributed by atoms with Crippen LogP contribution in [0.15, 0.2) is 0 Å². The van der Waals surface area contributed by atoms with Crippen molar-refractivity contribution in [1.82, 2.24) is 0 Å². The normalized spacial score (nSPS) is 12.8. The molecule has 0 rings (SSSR count). The molecule has 0 aromatic heterocycles. The van der Waals surface area contributed by atoms with Crippen molar-refractivity contribution in [3.05, 3.63) is 0 Å². The molecular weight excluding hydrogens is 146 g/mol. The monoisotopic (exact) mass is 163 g/mol. The average molecular weight is 163 g/mol. The van der Waals surface area contributed by atoms with Crippen molar-refractivity contribution in [3.63, 3.8) is 0 Å². The fourth-order valence-corrected chi connectivity index (χ4v) is 0.447. The van der Waals surface area contributed by atoms with E-state index in [1.165, 1.54) is 0 Å². The zero-order chi connectivity index (χ0) is 9.49. The van der Waals surface area contributed by atoms with E-state index in [0.29, 0.717) is 6.04 Å². The summed E-state index contributed by atoms with van der Waals surface area (Å²) in [5.74, 6) is 0. The van der Waals surface area contributed by atoms with Gasteiger partial charge in [-0.15, -0.1) is 0 Å². The smallest absolute Gasteiger partial charge is 0.115 e. The number of hydrogen-bond acceptors (Lipinski definition) is 3. The largest absolute Gasteiger partial charge is 0.554 e. The van der Waals surface area contributed by atoms with Crippen LogP contribution in [0.25, 0.3) is 0 Å². The molecule has 0 aromatic rings. The lowest BCUT2D eigenvalue weighted by Crippen LogP contribution is -2.43. The number of carboxylic acid groups (broad SMARTS) is 1. The van der Waals surface area contributed by atoms with Crippen LogP contribution >= 0.6 is 0 Å². The van der Waals surface area contributed by atoms with Crippen LogP contribution in [0, 0.1) is 0 Å². The summed E-state index contributed by atoms with van der Waals surface area (Å²) in [6.07, 6.45) is 1.02. The Labute approximate surface area is 67.6 Å². The maximum absolute atomic E-state index is 9.22. The van der Waals surface area contributed by atoms with E-state index in [0.717, 1.165) is 6.42 Å². The molecular formula is C7H17NO3. The minimum Gasteiger partial charge on any atom is -0.554 e. The molecule has 0 aliphatic rings. The first kappa shape index (κ1) is 13.0. The quantitative estimate of drug-likeness (QED) is 0.343. The molecule has 68 valence electrons. The van der Waals surface area contributed by atoms with Gasteiger partial charge in [-0.25, -0.2) is 5.21 Å². The van der Waals surface area contributed by atoms with Gasteiger partial charge in [0, 0.05) is 6.47 Å². The third-order valence-corrected chi connectivity index (χ3v) is 1.67. The molecule has 1 N–H and O–H groups in total. The van der Waals surface area contributed by atoms with Gasteiger partial charge in [0.1, 0.15) is 6.04 Å². The molecule has 4 nitrogen and oxygen atoms in total. The number of hydroxylamine groups is 3. The summed E-state index contributed by atoms with van der Waals surface area (Å²) in [5, 5.41) is 17.5. The zero-order valence-electron chi connectivity index (χ0n) is 7.57. The van der Waals surface area contributed by atoms with Crippen LogP contribution in [-0.2, 0) is 4.79 Å². The van der Waals surface area contributed by atoms with Gasteiger partial charge in [-0.05, 0) is 13.3 Å². The van der Waals surface area contributed by atoms with Gasteiger partial charge in [-0.3, -0.25) is 0 Å². The third-order valence-electron chi connectivity index (χ3n) is 1.67. The summed E-state index contributed by atoms with van der Waals surface area (Å²) in [7, 11) is 3.57. The Morgan fingerprint density at radius 2 is 1.91 bits per heavy atom. The Balaban J connectivity index is 0. The van der Waals surface area contributed by atoms with E-state index in [2.05, 4.69) is 6.92 Å². The Bertz CT molecular complexity index is 98.3. The first-order chi connectivity index (χ1) is 4.90. The molecule has 0 saturated heterocycles. The zero-order valence-corrected chi connectivity index (χ0v) is 7.57. The number of rotatable bonds is 2. The van der Waals surface area contributed by atoms with Gasteiger partial charge in [0.25, 0.3) is 0 Å². The van der Waals surface area contributed by atoms with Crippen LogP contribution < -0.4 is 5.11 Å². The second-order valence-corrected chi connectivity index (χ2v) is 2.83. The molecule has 0 aliphatic heterocycles. The van der Waals surface area contributed by atoms with Gasteiger partial charge in [0.2, 0.25) is 0 Å². The minimum atomic E-state index is -0.500.